The molecular weight excluding hydrogens is 332 g/mol. The number of carbonyl (C=O) groups is 1. The van der Waals surface area contributed by atoms with Crippen LogP contribution in [0.2, 0.25) is 0 Å². The van der Waals surface area contributed by atoms with E-state index in [0.717, 1.165) is 30.5 Å². The molecule has 0 bridgehead atoms. The summed E-state index contributed by atoms with van der Waals surface area (Å²) in [5.41, 5.74) is 3.12. The second-order valence-electron chi connectivity index (χ2n) is 6.93. The average Bonchev–Trinajstić information content (AvgIpc) is 3.18. The quantitative estimate of drug-likeness (QED) is 0.658. The maximum absolute atomic E-state index is 12.6. The Bertz CT molecular complexity index is 843. The van der Waals surface area contributed by atoms with E-state index in [1.807, 2.05) is 33.2 Å². The minimum absolute atomic E-state index is 0.0677. The summed E-state index contributed by atoms with van der Waals surface area (Å²) < 4.78 is 2.08. The minimum atomic E-state index is -0.454. The van der Waals surface area contributed by atoms with Crippen molar-refractivity contribution in [1.82, 2.24) is 9.47 Å². The Hall–Kier alpha value is -2.67. The maximum Gasteiger partial charge on any atom is 0.293 e. The van der Waals surface area contributed by atoms with Crippen molar-refractivity contribution in [3.05, 3.63) is 57.4 Å². The normalized spacial score (nSPS) is 17.4. The highest BCUT2D eigenvalue weighted by atomic mass is 16.6. The van der Waals surface area contributed by atoms with Gasteiger partial charge < -0.3 is 9.88 Å². The largest absolute Gasteiger partial charge is 0.353 e. The van der Waals surface area contributed by atoms with Gasteiger partial charge in [-0.15, -0.1) is 0 Å². The second-order valence-corrected chi connectivity index (χ2v) is 6.93. The molecule has 1 saturated heterocycles. The summed E-state index contributed by atoms with van der Waals surface area (Å²) in [6, 6.07) is 7.47. The van der Waals surface area contributed by atoms with Crippen LogP contribution in [0.4, 0.5) is 11.4 Å². The Balaban J connectivity index is 1.74. The molecule has 1 aromatic heterocycles. The van der Waals surface area contributed by atoms with E-state index in [1.54, 1.807) is 6.07 Å². The topological polar surface area (TPSA) is 80.4 Å². The highest BCUT2D eigenvalue weighted by molar-refractivity contribution is 5.94. The Morgan fingerprint density at radius 3 is 2.73 bits per heavy atom. The lowest BCUT2D eigenvalue weighted by Crippen LogP contribution is -2.33. The van der Waals surface area contributed by atoms with Gasteiger partial charge in [0.1, 0.15) is 5.69 Å². The van der Waals surface area contributed by atoms with Crippen LogP contribution in [0.1, 0.15) is 35.7 Å². The number of nitrogens with zero attached hydrogens (tertiary/aromatic N) is 3. The zero-order valence-electron chi connectivity index (χ0n) is 15.4. The molecule has 1 atom stereocenters. The number of aromatic nitrogens is 1. The van der Waals surface area contributed by atoms with Crippen molar-refractivity contribution in [2.75, 3.05) is 18.4 Å². The van der Waals surface area contributed by atoms with Gasteiger partial charge in [-0.1, -0.05) is 0 Å². The molecule has 2 aromatic rings. The summed E-state index contributed by atoms with van der Waals surface area (Å²) in [7, 11) is 2.00. The highest BCUT2D eigenvalue weighted by Crippen LogP contribution is 2.32. The molecule has 7 nitrogen and oxygen atoms in total. The molecule has 3 rings (SSSR count). The molecule has 138 valence electrons. The number of nitro groups is 1. The Labute approximate surface area is 152 Å². The van der Waals surface area contributed by atoms with Crippen LogP contribution >= 0.6 is 0 Å². The van der Waals surface area contributed by atoms with Gasteiger partial charge in [0.2, 0.25) is 5.91 Å². The summed E-state index contributed by atoms with van der Waals surface area (Å²) in [6.07, 6.45) is 4.05. The van der Waals surface area contributed by atoms with Crippen molar-refractivity contribution in [1.29, 1.82) is 0 Å². The monoisotopic (exact) mass is 356 g/mol. The van der Waals surface area contributed by atoms with Crippen molar-refractivity contribution in [2.45, 2.75) is 32.7 Å². The van der Waals surface area contributed by atoms with Crippen LogP contribution in [0.25, 0.3) is 0 Å². The number of hydrogen-bond donors (Lipinski definition) is 1. The number of aryl methyl sites for hydroxylation is 3. The van der Waals surface area contributed by atoms with E-state index in [4.69, 9.17) is 0 Å². The lowest BCUT2D eigenvalue weighted by atomic mass is 10.1. The maximum atomic E-state index is 12.6. The lowest BCUT2D eigenvalue weighted by molar-refractivity contribution is -0.384. The first kappa shape index (κ1) is 18.1. The molecule has 1 N–H and O–H groups in total. The third-order valence-corrected chi connectivity index (χ3v) is 5.12. The summed E-state index contributed by atoms with van der Waals surface area (Å²) in [5, 5.41) is 14.0. The molecule has 0 spiro atoms. The fraction of sp³-hybridized carbons (Fsp3) is 0.421. The van der Waals surface area contributed by atoms with Crippen molar-refractivity contribution in [3.63, 3.8) is 0 Å². The average molecular weight is 356 g/mol. The van der Waals surface area contributed by atoms with Crippen LogP contribution in [-0.2, 0) is 11.8 Å². The standard InChI is InChI=1S/C19H24N4O3/c1-13-10-15(18(23(25)26)11-14(13)2)20-19(24)12-22-9-5-7-17(22)16-6-4-8-21(16)3/h4,6,8,10-11,17H,5,7,9,12H2,1-3H3,(H,20,24)/t17-/m0/s1. The van der Waals surface area contributed by atoms with Gasteiger partial charge in [-0.05, 0) is 62.6 Å². The third-order valence-electron chi connectivity index (χ3n) is 5.12. The fourth-order valence-corrected chi connectivity index (χ4v) is 3.60. The van der Waals surface area contributed by atoms with Gasteiger partial charge in [-0.2, -0.15) is 0 Å². The molecule has 2 heterocycles. The zero-order chi connectivity index (χ0) is 18.8. The summed E-state index contributed by atoms with van der Waals surface area (Å²) in [5.74, 6) is -0.225. The predicted molar refractivity (Wildman–Crippen MR) is 100 cm³/mol. The van der Waals surface area contributed by atoms with Crippen LogP contribution in [0, 0.1) is 24.0 Å². The number of nitrogens with one attached hydrogen (secondary N) is 1. The number of benzene rings is 1. The number of anilines is 1. The van der Waals surface area contributed by atoms with Crippen LogP contribution in [0.15, 0.2) is 30.5 Å². The van der Waals surface area contributed by atoms with Crippen molar-refractivity contribution >= 4 is 17.3 Å². The number of nitro benzene ring substituents is 1. The lowest BCUT2D eigenvalue weighted by Gasteiger charge is -2.24. The summed E-state index contributed by atoms with van der Waals surface area (Å²) >= 11 is 0. The molecule has 1 aliphatic heterocycles. The molecule has 0 radical (unpaired) electrons. The van der Waals surface area contributed by atoms with Crippen LogP contribution < -0.4 is 5.32 Å². The molecular formula is C19H24N4O3. The zero-order valence-corrected chi connectivity index (χ0v) is 15.4. The van der Waals surface area contributed by atoms with Crippen molar-refractivity contribution in [2.24, 2.45) is 7.05 Å². The molecule has 0 aliphatic carbocycles. The van der Waals surface area contributed by atoms with E-state index >= 15 is 0 Å². The first-order valence-corrected chi connectivity index (χ1v) is 8.77. The minimum Gasteiger partial charge on any atom is -0.353 e. The number of likely N-dealkylation sites (tertiary alicyclic amines) is 1. The van der Waals surface area contributed by atoms with Crippen LogP contribution in [0.3, 0.4) is 0 Å². The van der Waals surface area contributed by atoms with E-state index < -0.39 is 4.92 Å². The van der Waals surface area contributed by atoms with Crippen LogP contribution in [-0.4, -0.2) is 33.4 Å². The van der Waals surface area contributed by atoms with Gasteiger partial charge in [0.15, 0.2) is 0 Å². The first-order valence-electron chi connectivity index (χ1n) is 8.77. The Kier molecular flexibility index (Phi) is 5.08. The number of amides is 1. The molecule has 7 heteroatoms. The van der Waals surface area contributed by atoms with Crippen LogP contribution in [0.5, 0.6) is 0 Å². The van der Waals surface area contributed by atoms with Crippen molar-refractivity contribution < 1.29 is 9.72 Å². The molecule has 1 aliphatic rings. The number of hydrogen-bond acceptors (Lipinski definition) is 4. The second kappa shape index (κ2) is 7.29. The summed E-state index contributed by atoms with van der Waals surface area (Å²) in [6.45, 7) is 4.77. The molecule has 0 unspecified atom stereocenters. The molecule has 0 saturated carbocycles. The van der Waals surface area contributed by atoms with Gasteiger partial charge in [-0.25, -0.2) is 0 Å². The molecule has 1 aromatic carbocycles. The predicted octanol–water partition coefficient (Wildman–Crippen LogP) is 3.33. The van der Waals surface area contributed by atoms with Crippen molar-refractivity contribution in [3.8, 4) is 0 Å². The Morgan fingerprint density at radius 2 is 2.08 bits per heavy atom. The van der Waals surface area contributed by atoms with Gasteiger partial charge in [0.05, 0.1) is 17.5 Å². The van der Waals surface area contributed by atoms with E-state index in [-0.39, 0.29) is 29.9 Å². The fourth-order valence-electron chi connectivity index (χ4n) is 3.60. The van der Waals surface area contributed by atoms with E-state index in [2.05, 4.69) is 20.9 Å². The smallest absolute Gasteiger partial charge is 0.293 e. The van der Waals surface area contributed by atoms with Gasteiger partial charge >= 0.3 is 0 Å². The van der Waals surface area contributed by atoms with Gasteiger partial charge in [-0.3, -0.25) is 19.8 Å². The first-order chi connectivity index (χ1) is 12.4. The van der Waals surface area contributed by atoms with Gasteiger partial charge in [0, 0.05) is 25.0 Å². The SMILES string of the molecule is Cc1cc(NC(=O)CN2CCC[C@H]2c2cccn2C)c([N+](=O)[O-])cc1C. The summed E-state index contributed by atoms with van der Waals surface area (Å²) in [4.78, 5) is 25.5. The van der Waals surface area contributed by atoms with E-state index in [9.17, 15) is 14.9 Å². The Morgan fingerprint density at radius 1 is 1.35 bits per heavy atom. The van der Waals surface area contributed by atoms with E-state index in [0.29, 0.717) is 0 Å². The van der Waals surface area contributed by atoms with E-state index in [1.165, 1.54) is 11.8 Å². The number of carbonyl (C=O) groups excluding carboxylic acids is 1. The van der Waals surface area contributed by atoms with Gasteiger partial charge in [0.25, 0.3) is 5.69 Å². The highest BCUT2D eigenvalue weighted by Gasteiger charge is 2.29. The number of rotatable bonds is 5. The third kappa shape index (κ3) is 3.62. The molecule has 1 fully saturated rings. The molecule has 1 amide bonds. The molecule has 26 heavy (non-hydrogen) atoms.